The molecule has 0 aliphatic carbocycles. The maximum Gasteiger partial charge on any atom is 0.294 e. The van der Waals surface area contributed by atoms with E-state index in [9.17, 15) is 13.0 Å². The van der Waals surface area contributed by atoms with Gasteiger partial charge in [-0.25, -0.2) is 0 Å². The highest BCUT2D eigenvalue weighted by Crippen LogP contribution is 2.39. The van der Waals surface area contributed by atoms with Gasteiger partial charge in [0, 0.05) is 0 Å². The molecule has 0 aliphatic rings. The Hall–Kier alpha value is -1.39. The van der Waals surface area contributed by atoms with Gasteiger partial charge in [-0.3, -0.25) is 4.55 Å². The van der Waals surface area contributed by atoms with E-state index < -0.39 is 10.1 Å². The summed E-state index contributed by atoms with van der Waals surface area (Å²) in [6.07, 6.45) is 0. The number of fused-ring (bicyclic) bond motifs is 1. The van der Waals surface area contributed by atoms with Crippen LogP contribution >= 0.6 is 0 Å². The second-order valence-electron chi connectivity index (χ2n) is 7.08. The smallest absolute Gasteiger partial charge is 0.282 e. The van der Waals surface area contributed by atoms with Crippen molar-refractivity contribution < 1.29 is 13.0 Å². The van der Waals surface area contributed by atoms with Crippen molar-refractivity contribution in [3.63, 3.8) is 0 Å². The average Bonchev–Trinajstić information content (AvgIpc) is 2.42. The van der Waals surface area contributed by atoms with Crippen LogP contribution in [0.1, 0.15) is 76.0 Å². The quantitative estimate of drug-likeness (QED) is 0.756. The van der Waals surface area contributed by atoms with E-state index in [1.165, 1.54) is 5.56 Å². The molecule has 2 rings (SSSR count). The van der Waals surface area contributed by atoms with Crippen LogP contribution in [0.15, 0.2) is 29.2 Å². The fraction of sp³-hybridized carbons (Fsp3) is 0.474. The first-order valence-electron chi connectivity index (χ1n) is 8.12. The van der Waals surface area contributed by atoms with Crippen LogP contribution in [-0.2, 0) is 10.1 Å². The van der Waals surface area contributed by atoms with Gasteiger partial charge in [0.25, 0.3) is 10.1 Å². The van der Waals surface area contributed by atoms with Gasteiger partial charge in [-0.15, -0.1) is 0 Å². The maximum absolute atomic E-state index is 11.9. The van der Waals surface area contributed by atoms with E-state index in [2.05, 4.69) is 39.8 Å². The summed E-state index contributed by atoms with van der Waals surface area (Å²) < 4.78 is 33.4. The molecule has 0 saturated carbocycles. The van der Waals surface area contributed by atoms with Gasteiger partial charge in [0.1, 0.15) is 0 Å². The zero-order valence-electron chi connectivity index (χ0n) is 14.7. The molecule has 0 unspecified atom stereocenters. The molecule has 0 amide bonds. The Kier molecular flexibility index (Phi) is 4.88. The molecule has 0 spiro atoms. The molecule has 0 radical (unpaired) electrons. The lowest BCUT2D eigenvalue weighted by Gasteiger charge is -2.22. The van der Waals surface area contributed by atoms with Gasteiger partial charge in [0.2, 0.25) is 0 Å². The van der Waals surface area contributed by atoms with Crippen LogP contribution in [0.5, 0.6) is 0 Å². The SMILES string of the molecule is CC(C)c1ccc(C(C)C)c2c(C(C)C)c(S(=O)(=O)O)ccc12. The summed E-state index contributed by atoms with van der Waals surface area (Å²) in [6.45, 7) is 12.4. The van der Waals surface area contributed by atoms with Crippen molar-refractivity contribution in [2.24, 2.45) is 0 Å². The fourth-order valence-corrected chi connectivity index (χ4v) is 4.14. The van der Waals surface area contributed by atoms with Crippen molar-refractivity contribution in [2.75, 3.05) is 0 Å². The lowest BCUT2D eigenvalue weighted by atomic mass is 9.84. The predicted molar refractivity (Wildman–Crippen MR) is 96.0 cm³/mol. The number of hydrogen-bond donors (Lipinski definition) is 1. The van der Waals surface area contributed by atoms with Crippen molar-refractivity contribution in [1.82, 2.24) is 0 Å². The molecular formula is C19H26O3S. The van der Waals surface area contributed by atoms with Gasteiger partial charge in [0.15, 0.2) is 0 Å². The van der Waals surface area contributed by atoms with E-state index in [1.54, 1.807) is 6.07 Å². The summed E-state index contributed by atoms with van der Waals surface area (Å²) in [5.74, 6) is 0.610. The molecule has 0 aromatic heterocycles. The zero-order valence-corrected chi connectivity index (χ0v) is 15.5. The highest BCUT2D eigenvalue weighted by atomic mass is 32.2. The molecule has 0 atom stereocenters. The van der Waals surface area contributed by atoms with Crippen molar-refractivity contribution >= 4 is 20.9 Å². The van der Waals surface area contributed by atoms with Crippen molar-refractivity contribution in [1.29, 1.82) is 0 Å². The molecule has 126 valence electrons. The zero-order chi connectivity index (χ0) is 17.5. The van der Waals surface area contributed by atoms with Crippen LogP contribution in [0.2, 0.25) is 0 Å². The third-order valence-electron chi connectivity index (χ3n) is 4.35. The largest absolute Gasteiger partial charge is 0.294 e. The molecule has 0 bridgehead atoms. The normalized spacial score (nSPS) is 12.8. The summed E-state index contributed by atoms with van der Waals surface area (Å²) in [5.41, 5.74) is 3.04. The Morgan fingerprint density at radius 1 is 0.783 bits per heavy atom. The van der Waals surface area contributed by atoms with E-state index in [-0.39, 0.29) is 16.7 Å². The molecule has 2 aromatic carbocycles. The summed E-state index contributed by atoms with van der Waals surface area (Å²) in [4.78, 5) is 0.0304. The second-order valence-corrected chi connectivity index (χ2v) is 8.47. The number of rotatable bonds is 4. The van der Waals surface area contributed by atoms with Gasteiger partial charge < -0.3 is 0 Å². The summed E-state index contributed by atoms with van der Waals surface area (Å²) in [5, 5.41) is 2.07. The first-order valence-corrected chi connectivity index (χ1v) is 9.56. The first-order chi connectivity index (χ1) is 10.6. The van der Waals surface area contributed by atoms with Crippen LogP contribution in [-0.4, -0.2) is 13.0 Å². The lowest BCUT2D eigenvalue weighted by molar-refractivity contribution is 0.481. The minimum absolute atomic E-state index is 0.00413. The Balaban J connectivity index is 3.09. The van der Waals surface area contributed by atoms with Crippen LogP contribution in [0.4, 0.5) is 0 Å². The van der Waals surface area contributed by atoms with E-state index in [0.717, 1.165) is 21.9 Å². The van der Waals surface area contributed by atoms with Gasteiger partial charge in [-0.05, 0) is 51.3 Å². The first kappa shape index (κ1) is 18.0. The summed E-state index contributed by atoms with van der Waals surface area (Å²) >= 11 is 0. The van der Waals surface area contributed by atoms with Crippen LogP contribution in [0, 0.1) is 0 Å². The molecule has 2 aromatic rings. The second kappa shape index (κ2) is 6.25. The van der Waals surface area contributed by atoms with E-state index in [4.69, 9.17) is 0 Å². The fourth-order valence-electron chi connectivity index (χ4n) is 3.29. The van der Waals surface area contributed by atoms with Crippen LogP contribution in [0.25, 0.3) is 10.8 Å². The topological polar surface area (TPSA) is 54.4 Å². The Morgan fingerprint density at radius 3 is 1.74 bits per heavy atom. The number of hydrogen-bond acceptors (Lipinski definition) is 2. The summed E-state index contributed by atoms with van der Waals surface area (Å²) in [7, 11) is -4.25. The van der Waals surface area contributed by atoms with Crippen molar-refractivity contribution in [2.45, 2.75) is 64.2 Å². The number of benzene rings is 2. The highest BCUT2D eigenvalue weighted by molar-refractivity contribution is 7.85. The minimum Gasteiger partial charge on any atom is -0.282 e. The molecule has 23 heavy (non-hydrogen) atoms. The van der Waals surface area contributed by atoms with E-state index >= 15 is 0 Å². The van der Waals surface area contributed by atoms with Crippen molar-refractivity contribution in [3.8, 4) is 0 Å². The molecule has 1 N–H and O–H groups in total. The third-order valence-corrected chi connectivity index (χ3v) is 5.26. The average molecular weight is 334 g/mol. The molecule has 4 heteroatoms. The van der Waals surface area contributed by atoms with E-state index in [1.807, 2.05) is 19.9 Å². The molecule has 3 nitrogen and oxygen atoms in total. The molecule has 0 aliphatic heterocycles. The highest BCUT2D eigenvalue weighted by Gasteiger charge is 2.23. The van der Waals surface area contributed by atoms with E-state index in [0.29, 0.717) is 5.92 Å². The monoisotopic (exact) mass is 334 g/mol. The van der Waals surface area contributed by atoms with Crippen molar-refractivity contribution in [3.05, 3.63) is 41.0 Å². The van der Waals surface area contributed by atoms with Gasteiger partial charge >= 0.3 is 0 Å². The molecular weight excluding hydrogens is 308 g/mol. The van der Waals surface area contributed by atoms with Crippen LogP contribution < -0.4 is 0 Å². The predicted octanol–water partition coefficient (Wildman–Crippen LogP) is 5.46. The molecule has 0 saturated heterocycles. The van der Waals surface area contributed by atoms with Gasteiger partial charge in [-0.2, -0.15) is 8.42 Å². The van der Waals surface area contributed by atoms with Gasteiger partial charge in [-0.1, -0.05) is 59.7 Å². The third kappa shape index (κ3) is 3.29. The Morgan fingerprint density at radius 2 is 1.30 bits per heavy atom. The Labute approximate surface area is 139 Å². The maximum atomic E-state index is 11.9. The molecule has 0 fully saturated rings. The van der Waals surface area contributed by atoms with Crippen LogP contribution in [0.3, 0.4) is 0 Å². The standard InChI is InChI=1S/C19H26O3S/c1-11(2)14-7-8-15(12(3)4)19-16(14)9-10-17(23(20,21)22)18(19)13(5)6/h7-13H,1-6H3,(H,20,21,22). The van der Waals surface area contributed by atoms with Gasteiger partial charge in [0.05, 0.1) is 4.90 Å². The summed E-state index contributed by atoms with van der Waals surface area (Å²) in [6, 6.07) is 7.62. The lowest BCUT2D eigenvalue weighted by Crippen LogP contribution is -2.08. The molecule has 0 heterocycles. The minimum atomic E-state index is -4.25. The Bertz CT molecular complexity index is 831.